The Hall–Kier alpha value is -2.40. The van der Waals surface area contributed by atoms with Crippen molar-refractivity contribution in [3.05, 3.63) is 53.8 Å². The molecule has 1 N–H and O–H groups in total. The Morgan fingerprint density at radius 1 is 1.14 bits per heavy atom. The Bertz CT molecular complexity index is 640. The number of carboxylic acids is 1. The fourth-order valence-electron chi connectivity index (χ4n) is 1.92. The van der Waals surface area contributed by atoms with E-state index in [0.29, 0.717) is 30.1 Å². The highest BCUT2D eigenvalue weighted by atomic mass is 19.1. The summed E-state index contributed by atoms with van der Waals surface area (Å²) in [7, 11) is 1.57. The molecule has 4 nitrogen and oxygen atoms in total. The van der Waals surface area contributed by atoms with Crippen LogP contribution in [0.1, 0.15) is 10.4 Å². The number of carboxylic acid groups (broad SMARTS) is 1. The van der Waals surface area contributed by atoms with E-state index in [2.05, 4.69) is 0 Å². The molecule has 0 radical (unpaired) electrons. The third-order valence-electron chi connectivity index (χ3n) is 2.94. The highest BCUT2D eigenvalue weighted by Crippen LogP contribution is 2.32. The molecule has 5 heteroatoms. The lowest BCUT2D eigenvalue weighted by atomic mass is 10.0. The van der Waals surface area contributed by atoms with Crippen LogP contribution in [0.15, 0.2) is 42.5 Å². The van der Waals surface area contributed by atoms with Gasteiger partial charge in [-0.3, -0.25) is 0 Å². The molecule has 110 valence electrons. The number of hydrogen-bond donors (Lipinski definition) is 1. The predicted octanol–water partition coefficient (Wildman–Crippen LogP) is 3.22. The highest BCUT2D eigenvalue weighted by molar-refractivity contribution is 5.88. The summed E-state index contributed by atoms with van der Waals surface area (Å²) in [6.45, 7) is 0.775. The smallest absolute Gasteiger partial charge is 0.335 e. The molecule has 0 fully saturated rings. The van der Waals surface area contributed by atoms with E-state index in [9.17, 15) is 9.18 Å². The highest BCUT2D eigenvalue weighted by Gasteiger charge is 2.13. The van der Waals surface area contributed by atoms with E-state index in [1.807, 2.05) is 0 Å². The average Bonchev–Trinajstić information content (AvgIpc) is 2.48. The van der Waals surface area contributed by atoms with E-state index in [4.69, 9.17) is 14.6 Å². The van der Waals surface area contributed by atoms with Crippen molar-refractivity contribution in [2.45, 2.75) is 0 Å². The molecule has 0 heterocycles. The number of para-hydroxylation sites is 1. The number of methoxy groups -OCH3 is 1. The lowest BCUT2D eigenvalue weighted by molar-refractivity contribution is 0.0696. The van der Waals surface area contributed by atoms with Gasteiger partial charge in [0.25, 0.3) is 0 Å². The molecule has 0 aliphatic heterocycles. The van der Waals surface area contributed by atoms with Crippen LogP contribution in [0.4, 0.5) is 4.39 Å². The number of benzene rings is 2. The van der Waals surface area contributed by atoms with Crippen LogP contribution in [0, 0.1) is 5.82 Å². The first kappa shape index (κ1) is 15.0. The van der Waals surface area contributed by atoms with Crippen molar-refractivity contribution >= 4 is 5.97 Å². The zero-order valence-corrected chi connectivity index (χ0v) is 11.5. The zero-order chi connectivity index (χ0) is 15.2. The molecule has 0 aliphatic carbocycles. The lowest BCUT2D eigenvalue weighted by Gasteiger charge is -2.12. The van der Waals surface area contributed by atoms with Gasteiger partial charge in [-0.1, -0.05) is 24.3 Å². The van der Waals surface area contributed by atoms with Crippen LogP contribution in [0.5, 0.6) is 5.75 Å². The SMILES string of the molecule is COCCOc1ccccc1-c1ccc(C(=O)O)cc1F. The van der Waals surface area contributed by atoms with Crippen molar-refractivity contribution in [3.63, 3.8) is 0 Å². The van der Waals surface area contributed by atoms with Crippen molar-refractivity contribution in [1.29, 1.82) is 0 Å². The molecule has 0 aromatic heterocycles. The van der Waals surface area contributed by atoms with Crippen molar-refractivity contribution in [1.82, 2.24) is 0 Å². The number of halogens is 1. The van der Waals surface area contributed by atoms with Crippen molar-refractivity contribution in [3.8, 4) is 16.9 Å². The monoisotopic (exact) mass is 290 g/mol. The summed E-state index contributed by atoms with van der Waals surface area (Å²) in [5.41, 5.74) is 0.782. The molecule has 2 rings (SSSR count). The molecule has 0 unspecified atom stereocenters. The second kappa shape index (κ2) is 6.85. The first-order valence-corrected chi connectivity index (χ1v) is 6.37. The summed E-state index contributed by atoms with van der Waals surface area (Å²) in [4.78, 5) is 10.8. The van der Waals surface area contributed by atoms with Crippen LogP contribution in [0.3, 0.4) is 0 Å². The molecule has 2 aromatic carbocycles. The molecular weight excluding hydrogens is 275 g/mol. The standard InChI is InChI=1S/C16H15FO4/c1-20-8-9-21-15-5-3-2-4-13(15)12-7-6-11(16(18)19)10-14(12)17/h2-7,10H,8-9H2,1H3,(H,18,19). The number of hydrogen-bond acceptors (Lipinski definition) is 3. The van der Waals surface area contributed by atoms with Gasteiger partial charge in [-0.25, -0.2) is 9.18 Å². The van der Waals surface area contributed by atoms with E-state index in [1.165, 1.54) is 12.1 Å². The van der Waals surface area contributed by atoms with Crippen LogP contribution in [-0.4, -0.2) is 31.4 Å². The Kier molecular flexibility index (Phi) is 4.90. The molecular formula is C16H15FO4. The number of rotatable bonds is 6. The summed E-state index contributed by atoms with van der Waals surface area (Å²) >= 11 is 0. The number of ether oxygens (including phenoxy) is 2. The lowest BCUT2D eigenvalue weighted by Crippen LogP contribution is -2.05. The van der Waals surface area contributed by atoms with Crippen LogP contribution >= 0.6 is 0 Å². The molecule has 0 spiro atoms. The van der Waals surface area contributed by atoms with E-state index in [1.54, 1.807) is 31.4 Å². The van der Waals surface area contributed by atoms with Gasteiger partial charge in [0.2, 0.25) is 0 Å². The van der Waals surface area contributed by atoms with Gasteiger partial charge in [0.05, 0.1) is 12.2 Å². The van der Waals surface area contributed by atoms with E-state index < -0.39 is 11.8 Å². The van der Waals surface area contributed by atoms with Crippen LogP contribution in [-0.2, 0) is 4.74 Å². The number of aromatic carboxylic acids is 1. The molecule has 0 saturated carbocycles. The quantitative estimate of drug-likeness (QED) is 0.830. The van der Waals surface area contributed by atoms with Gasteiger partial charge >= 0.3 is 5.97 Å². The van der Waals surface area contributed by atoms with Gasteiger partial charge in [-0.15, -0.1) is 0 Å². The predicted molar refractivity (Wildman–Crippen MR) is 76.2 cm³/mol. The molecule has 0 amide bonds. The Balaban J connectivity index is 2.35. The fraction of sp³-hybridized carbons (Fsp3) is 0.188. The number of carbonyl (C=O) groups is 1. The minimum atomic E-state index is -1.16. The Morgan fingerprint density at radius 2 is 1.90 bits per heavy atom. The van der Waals surface area contributed by atoms with Crippen LogP contribution < -0.4 is 4.74 Å². The zero-order valence-electron chi connectivity index (χ0n) is 11.5. The average molecular weight is 290 g/mol. The third kappa shape index (κ3) is 3.58. The summed E-state index contributed by atoms with van der Waals surface area (Å²) in [5, 5.41) is 8.86. The molecule has 0 aliphatic rings. The second-order valence-corrected chi connectivity index (χ2v) is 4.34. The normalized spacial score (nSPS) is 10.4. The minimum Gasteiger partial charge on any atom is -0.491 e. The topological polar surface area (TPSA) is 55.8 Å². The maximum absolute atomic E-state index is 14.1. The van der Waals surface area contributed by atoms with Gasteiger partial charge in [0.15, 0.2) is 0 Å². The van der Waals surface area contributed by atoms with Gasteiger partial charge in [-0.2, -0.15) is 0 Å². The van der Waals surface area contributed by atoms with Gasteiger partial charge in [0, 0.05) is 18.2 Å². The van der Waals surface area contributed by atoms with E-state index >= 15 is 0 Å². The Labute approximate surface area is 121 Å². The minimum absolute atomic E-state index is 0.0889. The third-order valence-corrected chi connectivity index (χ3v) is 2.94. The largest absolute Gasteiger partial charge is 0.491 e. The maximum Gasteiger partial charge on any atom is 0.335 e. The summed E-state index contributed by atoms with van der Waals surface area (Å²) < 4.78 is 24.6. The van der Waals surface area contributed by atoms with Crippen molar-refractivity contribution in [2.75, 3.05) is 20.3 Å². The van der Waals surface area contributed by atoms with Gasteiger partial charge in [0.1, 0.15) is 18.2 Å². The molecule has 21 heavy (non-hydrogen) atoms. The summed E-state index contributed by atoms with van der Waals surface area (Å²) in [6.07, 6.45) is 0. The van der Waals surface area contributed by atoms with Crippen molar-refractivity contribution < 1.29 is 23.8 Å². The Morgan fingerprint density at radius 3 is 2.57 bits per heavy atom. The fourth-order valence-corrected chi connectivity index (χ4v) is 1.92. The molecule has 2 aromatic rings. The van der Waals surface area contributed by atoms with E-state index in [0.717, 1.165) is 6.07 Å². The first-order chi connectivity index (χ1) is 10.1. The second-order valence-electron chi connectivity index (χ2n) is 4.34. The molecule has 0 bridgehead atoms. The van der Waals surface area contributed by atoms with Gasteiger partial charge < -0.3 is 14.6 Å². The molecule has 0 saturated heterocycles. The van der Waals surface area contributed by atoms with Crippen molar-refractivity contribution in [2.24, 2.45) is 0 Å². The van der Waals surface area contributed by atoms with Crippen LogP contribution in [0.25, 0.3) is 11.1 Å². The van der Waals surface area contributed by atoms with Gasteiger partial charge in [-0.05, 0) is 18.2 Å². The maximum atomic E-state index is 14.1. The first-order valence-electron chi connectivity index (χ1n) is 6.37. The molecule has 0 atom stereocenters. The van der Waals surface area contributed by atoms with E-state index in [-0.39, 0.29) is 5.56 Å². The summed E-state index contributed by atoms with van der Waals surface area (Å²) in [5.74, 6) is -1.24. The van der Waals surface area contributed by atoms with Crippen LogP contribution in [0.2, 0.25) is 0 Å². The summed E-state index contributed by atoms with van der Waals surface area (Å²) in [6, 6.07) is 10.8.